The molecule has 2 atom stereocenters. The molecule has 1 amide bonds. The molecule has 2 aromatic carbocycles. The molecule has 2 aliphatic rings. The van der Waals surface area contributed by atoms with Gasteiger partial charge in [0.25, 0.3) is 5.91 Å². The van der Waals surface area contributed by atoms with E-state index in [4.69, 9.17) is 4.74 Å². The van der Waals surface area contributed by atoms with Gasteiger partial charge in [0, 0.05) is 31.4 Å². The average molecular weight is 440 g/mol. The van der Waals surface area contributed by atoms with Gasteiger partial charge in [0.15, 0.2) is 5.82 Å². The summed E-state index contributed by atoms with van der Waals surface area (Å²) >= 11 is 0. The van der Waals surface area contributed by atoms with Gasteiger partial charge in [-0.05, 0) is 36.4 Å². The van der Waals surface area contributed by atoms with E-state index in [0.717, 1.165) is 19.2 Å². The van der Waals surface area contributed by atoms with Gasteiger partial charge in [-0.2, -0.15) is 0 Å². The maximum atomic E-state index is 15.3. The van der Waals surface area contributed by atoms with E-state index in [1.165, 1.54) is 43.6 Å². The van der Waals surface area contributed by atoms with E-state index in [2.05, 4.69) is 15.6 Å². The first-order chi connectivity index (χ1) is 15.5. The van der Waals surface area contributed by atoms with Crippen LogP contribution >= 0.6 is 0 Å². The molecule has 3 heterocycles. The van der Waals surface area contributed by atoms with E-state index < -0.39 is 23.4 Å². The van der Waals surface area contributed by atoms with Gasteiger partial charge in [-0.15, -0.1) is 0 Å². The molecule has 2 aliphatic heterocycles. The second kappa shape index (κ2) is 7.83. The Hall–Kier alpha value is -3.59. The van der Waals surface area contributed by atoms with Crippen LogP contribution in [0.25, 0.3) is 11.3 Å². The Kier molecular flexibility index (Phi) is 4.97. The van der Waals surface area contributed by atoms with Crippen molar-refractivity contribution in [3.05, 3.63) is 71.7 Å². The molecule has 3 aromatic rings. The topological polar surface area (TPSA) is 76.4 Å². The molecule has 0 spiro atoms. The second-order valence-corrected chi connectivity index (χ2v) is 7.74. The quantitative estimate of drug-likeness (QED) is 0.593. The smallest absolute Gasteiger partial charge is 0.258 e. The molecule has 32 heavy (non-hydrogen) atoms. The summed E-state index contributed by atoms with van der Waals surface area (Å²) in [4.78, 5) is 18.9. The predicted octanol–water partition coefficient (Wildman–Crippen LogP) is 3.59. The van der Waals surface area contributed by atoms with Gasteiger partial charge in [-0.3, -0.25) is 9.78 Å². The Morgan fingerprint density at radius 2 is 1.94 bits per heavy atom. The van der Waals surface area contributed by atoms with Crippen molar-refractivity contribution < 1.29 is 22.7 Å². The number of halogens is 3. The number of hydrogen-bond donors (Lipinski definition) is 2. The van der Waals surface area contributed by atoms with Gasteiger partial charge in [-0.25, -0.2) is 13.2 Å². The SMILES string of the molecule is COc1cccc(F)c1-c1nccc(C(=O)Nc2cc(F)ccc2N2CC3N[C@@H]3C2)c1F. The fraction of sp³-hybridized carbons (Fsp3) is 0.217. The first-order valence-electron chi connectivity index (χ1n) is 10.1. The van der Waals surface area contributed by atoms with Gasteiger partial charge in [0.1, 0.15) is 23.1 Å². The first kappa shape index (κ1) is 20.3. The molecule has 1 aromatic heterocycles. The molecule has 0 bridgehead atoms. The molecule has 0 aliphatic carbocycles. The summed E-state index contributed by atoms with van der Waals surface area (Å²) in [5.74, 6) is -2.98. The van der Waals surface area contributed by atoms with Crippen molar-refractivity contribution in [1.29, 1.82) is 0 Å². The van der Waals surface area contributed by atoms with Gasteiger partial charge in [0.05, 0.1) is 29.6 Å². The van der Waals surface area contributed by atoms with Gasteiger partial charge < -0.3 is 20.3 Å². The number of pyridine rings is 1. The van der Waals surface area contributed by atoms with Crippen LogP contribution in [-0.4, -0.2) is 43.2 Å². The third kappa shape index (κ3) is 3.54. The van der Waals surface area contributed by atoms with E-state index in [0.29, 0.717) is 17.8 Å². The maximum absolute atomic E-state index is 15.3. The number of rotatable bonds is 5. The summed E-state index contributed by atoms with van der Waals surface area (Å²) in [6.45, 7) is 1.47. The molecule has 2 fully saturated rings. The van der Waals surface area contributed by atoms with E-state index in [9.17, 15) is 13.6 Å². The van der Waals surface area contributed by atoms with E-state index in [-0.39, 0.29) is 28.3 Å². The zero-order valence-electron chi connectivity index (χ0n) is 17.0. The molecular weight excluding hydrogens is 421 g/mol. The van der Waals surface area contributed by atoms with Crippen molar-refractivity contribution in [2.24, 2.45) is 0 Å². The second-order valence-electron chi connectivity index (χ2n) is 7.74. The van der Waals surface area contributed by atoms with Crippen molar-refractivity contribution in [1.82, 2.24) is 10.3 Å². The fourth-order valence-corrected chi connectivity index (χ4v) is 4.10. The lowest BCUT2D eigenvalue weighted by Crippen LogP contribution is -2.28. The number of nitrogens with zero attached hydrogens (tertiary/aromatic N) is 2. The van der Waals surface area contributed by atoms with Crippen molar-refractivity contribution in [2.75, 3.05) is 30.4 Å². The number of carbonyl (C=O) groups is 1. The number of hydrogen-bond acceptors (Lipinski definition) is 5. The van der Waals surface area contributed by atoms with E-state index >= 15 is 4.39 Å². The molecule has 6 nitrogen and oxygen atoms in total. The summed E-state index contributed by atoms with van der Waals surface area (Å²) in [5.41, 5.74) is 0.00774. The minimum atomic E-state index is -1.00. The lowest BCUT2D eigenvalue weighted by Gasteiger charge is -2.23. The summed E-state index contributed by atoms with van der Waals surface area (Å²) in [5, 5.41) is 5.91. The summed E-state index contributed by atoms with van der Waals surface area (Å²) in [6.07, 6.45) is 1.21. The lowest BCUT2D eigenvalue weighted by atomic mass is 10.1. The lowest BCUT2D eigenvalue weighted by molar-refractivity contribution is 0.102. The largest absolute Gasteiger partial charge is 0.496 e. The molecule has 2 N–H and O–H groups in total. The summed E-state index contributed by atoms with van der Waals surface area (Å²) in [6, 6.07) is 10.1. The molecule has 5 rings (SSSR count). The highest BCUT2D eigenvalue weighted by Crippen LogP contribution is 2.35. The number of aromatic nitrogens is 1. The van der Waals surface area contributed by atoms with Crippen LogP contribution in [0.2, 0.25) is 0 Å². The third-order valence-electron chi connectivity index (χ3n) is 5.75. The average Bonchev–Trinajstić information content (AvgIpc) is 3.39. The Morgan fingerprint density at radius 3 is 2.69 bits per heavy atom. The Labute approximate surface area is 182 Å². The fourth-order valence-electron chi connectivity index (χ4n) is 4.10. The highest BCUT2D eigenvalue weighted by atomic mass is 19.1. The van der Waals surface area contributed by atoms with Crippen LogP contribution < -0.4 is 20.3 Å². The van der Waals surface area contributed by atoms with Crippen molar-refractivity contribution in [3.63, 3.8) is 0 Å². The Morgan fingerprint density at radius 1 is 1.16 bits per heavy atom. The van der Waals surface area contributed by atoms with Gasteiger partial charge >= 0.3 is 0 Å². The van der Waals surface area contributed by atoms with E-state index in [1.807, 2.05) is 4.90 Å². The van der Waals surface area contributed by atoms with E-state index in [1.54, 1.807) is 6.07 Å². The minimum absolute atomic E-state index is 0.0857. The molecule has 0 radical (unpaired) electrons. The first-order valence-corrected chi connectivity index (χ1v) is 10.1. The molecule has 2 saturated heterocycles. The number of amides is 1. The van der Waals surface area contributed by atoms with Crippen LogP contribution in [0.4, 0.5) is 24.5 Å². The molecule has 1 unspecified atom stereocenters. The van der Waals surface area contributed by atoms with Crippen LogP contribution in [-0.2, 0) is 0 Å². The number of nitrogens with one attached hydrogen (secondary N) is 2. The van der Waals surface area contributed by atoms with Gasteiger partial charge in [0.2, 0.25) is 0 Å². The van der Waals surface area contributed by atoms with Crippen molar-refractivity contribution in [2.45, 2.75) is 12.1 Å². The summed E-state index contributed by atoms with van der Waals surface area (Å²) in [7, 11) is 1.33. The number of anilines is 2. The summed E-state index contributed by atoms with van der Waals surface area (Å²) < 4.78 is 48.8. The number of carbonyl (C=O) groups excluding carboxylic acids is 1. The Balaban J connectivity index is 1.48. The maximum Gasteiger partial charge on any atom is 0.258 e. The number of fused-ring (bicyclic) bond motifs is 1. The van der Waals surface area contributed by atoms with Crippen molar-refractivity contribution >= 4 is 17.3 Å². The zero-order valence-corrected chi connectivity index (χ0v) is 17.0. The Bertz CT molecular complexity index is 1210. The molecular formula is C23H19F3N4O2. The monoisotopic (exact) mass is 440 g/mol. The third-order valence-corrected chi connectivity index (χ3v) is 5.75. The highest BCUT2D eigenvalue weighted by molar-refractivity contribution is 6.06. The van der Waals surface area contributed by atoms with Crippen LogP contribution in [0, 0.1) is 17.5 Å². The van der Waals surface area contributed by atoms with Crippen LogP contribution in [0.15, 0.2) is 48.7 Å². The van der Waals surface area contributed by atoms with Gasteiger partial charge in [-0.1, -0.05) is 6.07 Å². The molecule has 9 heteroatoms. The molecule has 0 saturated carbocycles. The van der Waals surface area contributed by atoms with Crippen LogP contribution in [0.3, 0.4) is 0 Å². The number of ether oxygens (including phenoxy) is 1. The zero-order chi connectivity index (χ0) is 22.4. The highest BCUT2D eigenvalue weighted by Gasteiger charge is 2.45. The number of piperazine rings is 1. The standard InChI is InChI=1S/C23H19F3N4O2/c1-32-19-4-2-3-14(25)20(19)22-21(26)13(7-8-27-22)23(31)29-15-9-12(24)5-6-18(15)30-10-16-17(11-30)28-16/h2-9,16-17,28H,10-11H2,1H3,(H,29,31)/t16-,17?/m1/s1. The van der Waals surface area contributed by atoms with Crippen LogP contribution in [0.1, 0.15) is 10.4 Å². The predicted molar refractivity (Wildman–Crippen MR) is 113 cm³/mol. The van der Waals surface area contributed by atoms with Crippen LogP contribution in [0.5, 0.6) is 5.75 Å². The number of methoxy groups -OCH3 is 1. The minimum Gasteiger partial charge on any atom is -0.496 e. The normalized spacial score (nSPS) is 18.9. The van der Waals surface area contributed by atoms with Crippen molar-refractivity contribution in [3.8, 4) is 17.0 Å². The molecule has 164 valence electrons. The number of benzene rings is 2.